The highest BCUT2D eigenvalue weighted by atomic mass is 35.5. The third-order valence-corrected chi connectivity index (χ3v) is 6.93. The van der Waals surface area contributed by atoms with Gasteiger partial charge in [-0.25, -0.2) is 12.7 Å². The fourth-order valence-electron chi connectivity index (χ4n) is 3.17. The molecule has 1 aromatic rings. The fourth-order valence-corrected chi connectivity index (χ4v) is 4.50. The van der Waals surface area contributed by atoms with Crippen molar-refractivity contribution in [3.63, 3.8) is 0 Å². The molecule has 2 N–H and O–H groups in total. The molecule has 0 spiro atoms. The number of sulfonamides is 1. The third-order valence-electron chi connectivity index (χ3n) is 4.82. The van der Waals surface area contributed by atoms with Crippen LogP contribution in [0, 0.1) is 0 Å². The number of piperidine rings is 1. The van der Waals surface area contributed by atoms with Crippen LogP contribution >= 0.6 is 11.6 Å². The van der Waals surface area contributed by atoms with Gasteiger partial charge in [0.15, 0.2) is 5.96 Å². The zero-order valence-electron chi connectivity index (χ0n) is 16.8. The summed E-state index contributed by atoms with van der Waals surface area (Å²) in [5.74, 6) is 0.861. The van der Waals surface area contributed by atoms with Crippen molar-refractivity contribution in [3.05, 3.63) is 34.9 Å². The Kier molecular flexibility index (Phi) is 9.01. The first kappa shape index (κ1) is 22.9. The minimum absolute atomic E-state index is 0.150. The molecule has 1 heterocycles. The number of ether oxygens (including phenoxy) is 1. The van der Waals surface area contributed by atoms with E-state index in [1.54, 1.807) is 18.3 Å². The number of rotatable bonds is 8. The number of halogens is 1. The average Bonchev–Trinajstić information content (AvgIpc) is 2.69. The molecule has 0 bridgehead atoms. The standard InChI is InChI=1S/C19H31ClN4O3S/c1-4-21-19(22-14-18(27-3)15-7-6-8-16(20)13-15)23-17-9-11-24(12-10-17)28(25,26)5-2/h6-8,13,17-18H,4-5,9-12,14H2,1-3H3,(H2,21,22,23). The van der Waals surface area contributed by atoms with Gasteiger partial charge < -0.3 is 15.4 Å². The van der Waals surface area contributed by atoms with Gasteiger partial charge in [0.05, 0.1) is 12.3 Å². The fraction of sp³-hybridized carbons (Fsp3) is 0.632. The predicted molar refractivity (Wildman–Crippen MR) is 114 cm³/mol. The minimum Gasteiger partial charge on any atom is -0.375 e. The van der Waals surface area contributed by atoms with E-state index in [4.69, 9.17) is 16.3 Å². The molecule has 1 unspecified atom stereocenters. The SMILES string of the molecule is CCNC(=NCC(OC)c1cccc(Cl)c1)NC1CCN(S(=O)(=O)CC)CC1. The van der Waals surface area contributed by atoms with E-state index < -0.39 is 10.0 Å². The Bertz CT molecular complexity index is 749. The summed E-state index contributed by atoms with van der Waals surface area (Å²) < 4.78 is 31.2. The predicted octanol–water partition coefficient (Wildman–Crippen LogP) is 2.40. The lowest BCUT2D eigenvalue weighted by Gasteiger charge is -2.32. The van der Waals surface area contributed by atoms with Crippen LogP contribution in [-0.2, 0) is 14.8 Å². The maximum Gasteiger partial charge on any atom is 0.213 e. The molecule has 0 radical (unpaired) electrons. The zero-order chi connectivity index (χ0) is 20.6. The Balaban J connectivity index is 1.97. The summed E-state index contributed by atoms with van der Waals surface area (Å²) in [5.41, 5.74) is 0.979. The van der Waals surface area contributed by atoms with E-state index in [-0.39, 0.29) is 17.9 Å². The van der Waals surface area contributed by atoms with Crippen LogP contribution in [0.2, 0.25) is 5.02 Å². The monoisotopic (exact) mass is 430 g/mol. The molecule has 1 aromatic carbocycles. The lowest BCUT2D eigenvalue weighted by Crippen LogP contribution is -2.50. The highest BCUT2D eigenvalue weighted by Gasteiger charge is 2.27. The highest BCUT2D eigenvalue weighted by Crippen LogP contribution is 2.21. The van der Waals surface area contributed by atoms with Gasteiger partial charge in [0.25, 0.3) is 0 Å². The Morgan fingerprint density at radius 3 is 2.64 bits per heavy atom. The van der Waals surface area contributed by atoms with Crippen LogP contribution in [-0.4, -0.2) is 63.8 Å². The number of guanidine groups is 1. The van der Waals surface area contributed by atoms with Gasteiger partial charge in [0, 0.05) is 37.8 Å². The Morgan fingerprint density at radius 1 is 1.36 bits per heavy atom. The van der Waals surface area contributed by atoms with Crippen molar-refractivity contribution in [2.24, 2.45) is 4.99 Å². The van der Waals surface area contributed by atoms with E-state index in [0.717, 1.165) is 24.9 Å². The Hall–Kier alpha value is -1.35. The molecule has 1 aliphatic rings. The molecule has 9 heteroatoms. The first-order valence-corrected chi connectivity index (χ1v) is 11.7. The summed E-state index contributed by atoms with van der Waals surface area (Å²) in [4.78, 5) is 4.66. The highest BCUT2D eigenvalue weighted by molar-refractivity contribution is 7.89. The van der Waals surface area contributed by atoms with E-state index in [1.807, 2.05) is 31.2 Å². The zero-order valence-corrected chi connectivity index (χ0v) is 18.4. The van der Waals surface area contributed by atoms with Gasteiger partial charge in [-0.1, -0.05) is 23.7 Å². The average molecular weight is 431 g/mol. The van der Waals surface area contributed by atoms with E-state index in [9.17, 15) is 8.42 Å². The second kappa shape index (κ2) is 11.0. The van der Waals surface area contributed by atoms with Gasteiger partial charge in [0.1, 0.15) is 6.10 Å². The molecule has 0 saturated carbocycles. The number of hydrogen-bond acceptors (Lipinski definition) is 4. The number of aliphatic imine (C=N–C) groups is 1. The van der Waals surface area contributed by atoms with Gasteiger partial charge in [-0.3, -0.25) is 4.99 Å². The molecule has 0 aliphatic carbocycles. The molecule has 7 nitrogen and oxygen atoms in total. The Labute approximate surface area is 173 Å². The van der Waals surface area contributed by atoms with E-state index in [1.165, 1.54) is 0 Å². The van der Waals surface area contributed by atoms with Crippen molar-refractivity contribution in [1.82, 2.24) is 14.9 Å². The second-order valence-corrected chi connectivity index (χ2v) is 9.41. The van der Waals surface area contributed by atoms with Gasteiger partial charge >= 0.3 is 0 Å². The van der Waals surface area contributed by atoms with Crippen molar-refractivity contribution in [2.75, 3.05) is 39.0 Å². The lowest BCUT2D eigenvalue weighted by atomic mass is 10.1. The summed E-state index contributed by atoms with van der Waals surface area (Å²) >= 11 is 6.08. The van der Waals surface area contributed by atoms with Crippen molar-refractivity contribution < 1.29 is 13.2 Å². The second-order valence-electron chi connectivity index (χ2n) is 6.72. The van der Waals surface area contributed by atoms with Crippen molar-refractivity contribution >= 4 is 27.6 Å². The van der Waals surface area contributed by atoms with Crippen LogP contribution < -0.4 is 10.6 Å². The van der Waals surface area contributed by atoms with E-state index in [2.05, 4.69) is 15.6 Å². The largest absolute Gasteiger partial charge is 0.375 e. The van der Waals surface area contributed by atoms with Crippen LogP contribution in [0.4, 0.5) is 0 Å². The first-order chi connectivity index (χ1) is 13.4. The summed E-state index contributed by atoms with van der Waals surface area (Å²) in [6.45, 7) is 5.96. The number of hydrogen-bond donors (Lipinski definition) is 2. The summed E-state index contributed by atoms with van der Waals surface area (Å²) in [7, 11) is -1.45. The smallest absolute Gasteiger partial charge is 0.213 e. The molecule has 0 amide bonds. The summed E-state index contributed by atoms with van der Waals surface area (Å²) in [5, 5.41) is 7.34. The lowest BCUT2D eigenvalue weighted by molar-refractivity contribution is 0.111. The molecular formula is C19H31ClN4O3S. The van der Waals surface area contributed by atoms with Crippen LogP contribution in [0.5, 0.6) is 0 Å². The van der Waals surface area contributed by atoms with Crippen molar-refractivity contribution in [1.29, 1.82) is 0 Å². The Morgan fingerprint density at radius 2 is 2.07 bits per heavy atom. The molecule has 1 fully saturated rings. The summed E-state index contributed by atoms with van der Waals surface area (Å²) in [6.07, 6.45) is 1.32. The van der Waals surface area contributed by atoms with E-state index in [0.29, 0.717) is 30.6 Å². The molecule has 28 heavy (non-hydrogen) atoms. The first-order valence-electron chi connectivity index (χ1n) is 9.70. The van der Waals surface area contributed by atoms with Gasteiger partial charge in [-0.05, 0) is 44.4 Å². The third kappa shape index (κ3) is 6.62. The number of benzene rings is 1. The molecule has 1 atom stereocenters. The summed E-state index contributed by atoms with van der Waals surface area (Å²) in [6, 6.07) is 7.77. The van der Waals surface area contributed by atoms with E-state index >= 15 is 0 Å². The molecule has 2 rings (SSSR count). The molecular weight excluding hydrogens is 400 g/mol. The normalized spacial score (nSPS) is 18.1. The van der Waals surface area contributed by atoms with Crippen molar-refractivity contribution in [3.8, 4) is 0 Å². The van der Waals surface area contributed by atoms with Crippen LogP contribution in [0.25, 0.3) is 0 Å². The van der Waals surface area contributed by atoms with Gasteiger partial charge in [0.2, 0.25) is 10.0 Å². The topological polar surface area (TPSA) is 83.0 Å². The van der Waals surface area contributed by atoms with Crippen LogP contribution in [0.3, 0.4) is 0 Å². The van der Waals surface area contributed by atoms with Crippen LogP contribution in [0.1, 0.15) is 38.4 Å². The van der Waals surface area contributed by atoms with Gasteiger partial charge in [-0.15, -0.1) is 0 Å². The number of nitrogens with zero attached hydrogens (tertiary/aromatic N) is 2. The number of methoxy groups -OCH3 is 1. The minimum atomic E-state index is -3.11. The maximum absolute atomic E-state index is 12.0. The molecule has 0 aromatic heterocycles. The molecule has 158 valence electrons. The number of nitrogens with one attached hydrogen (secondary N) is 2. The molecule has 1 saturated heterocycles. The van der Waals surface area contributed by atoms with Crippen molar-refractivity contribution in [2.45, 2.75) is 38.8 Å². The van der Waals surface area contributed by atoms with Crippen LogP contribution in [0.15, 0.2) is 29.3 Å². The molecule has 1 aliphatic heterocycles. The van der Waals surface area contributed by atoms with Gasteiger partial charge in [-0.2, -0.15) is 0 Å². The quantitative estimate of drug-likeness (QED) is 0.488. The maximum atomic E-state index is 12.0.